The summed E-state index contributed by atoms with van der Waals surface area (Å²) >= 11 is 0. The first-order valence-electron chi connectivity index (χ1n) is 7.87. The highest BCUT2D eigenvalue weighted by atomic mass is 16.5. The summed E-state index contributed by atoms with van der Waals surface area (Å²) in [6, 6.07) is 9.44. The second-order valence-corrected chi connectivity index (χ2v) is 6.08. The molecule has 2 aliphatic rings. The van der Waals surface area contributed by atoms with Crippen molar-refractivity contribution < 1.29 is 9.47 Å². The third-order valence-electron chi connectivity index (χ3n) is 4.58. The zero-order chi connectivity index (χ0) is 13.9. The second-order valence-electron chi connectivity index (χ2n) is 6.08. The Morgan fingerprint density at radius 1 is 1.30 bits per heavy atom. The number of hydrogen-bond acceptors (Lipinski definition) is 3. The first kappa shape index (κ1) is 13.9. The summed E-state index contributed by atoms with van der Waals surface area (Å²) in [5, 5.41) is 3.65. The monoisotopic (exact) mass is 275 g/mol. The van der Waals surface area contributed by atoms with Gasteiger partial charge in [0.15, 0.2) is 0 Å². The van der Waals surface area contributed by atoms with Crippen molar-refractivity contribution in [3.8, 4) is 5.75 Å². The number of rotatable bonds is 4. The molecule has 3 nitrogen and oxygen atoms in total. The largest absolute Gasteiger partial charge is 0.493 e. The third-order valence-corrected chi connectivity index (χ3v) is 4.58. The van der Waals surface area contributed by atoms with Gasteiger partial charge in [0.1, 0.15) is 5.75 Å². The van der Waals surface area contributed by atoms with E-state index in [4.69, 9.17) is 9.47 Å². The molecule has 1 aromatic carbocycles. The van der Waals surface area contributed by atoms with Crippen LogP contribution in [0.5, 0.6) is 5.75 Å². The Hall–Kier alpha value is -1.06. The van der Waals surface area contributed by atoms with Crippen LogP contribution in [0.1, 0.15) is 44.6 Å². The Kier molecular flexibility index (Phi) is 4.27. The van der Waals surface area contributed by atoms with Crippen LogP contribution in [0.3, 0.4) is 0 Å². The van der Waals surface area contributed by atoms with Crippen LogP contribution in [-0.4, -0.2) is 31.4 Å². The summed E-state index contributed by atoms with van der Waals surface area (Å²) in [5.74, 6) is 1.42. The van der Waals surface area contributed by atoms with E-state index in [1.54, 1.807) is 0 Å². The van der Waals surface area contributed by atoms with Gasteiger partial charge in [-0.05, 0) is 32.3 Å². The molecule has 3 rings (SSSR count). The highest BCUT2D eigenvalue weighted by Crippen LogP contribution is 2.34. The van der Waals surface area contributed by atoms with Crippen LogP contribution in [0, 0.1) is 0 Å². The van der Waals surface area contributed by atoms with Crippen molar-refractivity contribution in [2.24, 2.45) is 0 Å². The summed E-state index contributed by atoms with van der Waals surface area (Å²) in [7, 11) is 0. The lowest BCUT2D eigenvalue weighted by Gasteiger charge is -2.36. The van der Waals surface area contributed by atoms with Crippen molar-refractivity contribution >= 4 is 0 Å². The van der Waals surface area contributed by atoms with Crippen molar-refractivity contribution in [3.05, 3.63) is 29.8 Å². The second kappa shape index (κ2) is 6.15. The van der Waals surface area contributed by atoms with Gasteiger partial charge in [-0.25, -0.2) is 0 Å². The molecule has 0 aliphatic carbocycles. The summed E-state index contributed by atoms with van der Waals surface area (Å²) in [6.45, 7) is 6.03. The van der Waals surface area contributed by atoms with E-state index in [0.717, 1.165) is 25.4 Å². The van der Waals surface area contributed by atoms with Crippen LogP contribution in [0.2, 0.25) is 0 Å². The fraction of sp³-hybridized carbons (Fsp3) is 0.647. The van der Waals surface area contributed by atoms with E-state index in [1.807, 2.05) is 12.1 Å². The Balaban J connectivity index is 1.57. The molecule has 0 aromatic heterocycles. The Labute approximate surface area is 121 Å². The third kappa shape index (κ3) is 2.84. The topological polar surface area (TPSA) is 30.5 Å². The summed E-state index contributed by atoms with van der Waals surface area (Å²) < 4.78 is 12.0. The van der Waals surface area contributed by atoms with Gasteiger partial charge in [0.2, 0.25) is 0 Å². The van der Waals surface area contributed by atoms with Gasteiger partial charge in [-0.3, -0.25) is 0 Å². The first-order valence-corrected chi connectivity index (χ1v) is 7.87. The maximum Gasteiger partial charge on any atom is 0.123 e. The highest BCUT2D eigenvalue weighted by molar-refractivity contribution is 5.39. The van der Waals surface area contributed by atoms with Crippen LogP contribution in [0.25, 0.3) is 0 Å². The molecule has 20 heavy (non-hydrogen) atoms. The van der Waals surface area contributed by atoms with Gasteiger partial charge < -0.3 is 14.8 Å². The van der Waals surface area contributed by atoms with Gasteiger partial charge in [0.25, 0.3) is 0 Å². The molecule has 0 spiro atoms. The molecule has 0 bridgehead atoms. The highest BCUT2D eigenvalue weighted by Gasteiger charge is 2.30. The number of benzene rings is 1. The Morgan fingerprint density at radius 3 is 3.00 bits per heavy atom. The summed E-state index contributed by atoms with van der Waals surface area (Å²) in [5.41, 5.74) is 1.30. The molecule has 4 unspecified atom stereocenters. The Morgan fingerprint density at radius 2 is 2.15 bits per heavy atom. The van der Waals surface area contributed by atoms with E-state index in [2.05, 4.69) is 31.3 Å². The fourth-order valence-electron chi connectivity index (χ4n) is 3.36. The van der Waals surface area contributed by atoms with E-state index in [-0.39, 0.29) is 0 Å². The van der Waals surface area contributed by atoms with Crippen molar-refractivity contribution in [1.82, 2.24) is 5.32 Å². The maximum atomic E-state index is 6.23. The predicted molar refractivity (Wildman–Crippen MR) is 80.3 cm³/mol. The molecule has 0 amide bonds. The quantitative estimate of drug-likeness (QED) is 0.916. The van der Waals surface area contributed by atoms with E-state index in [9.17, 15) is 0 Å². The molecule has 2 heterocycles. The maximum absolute atomic E-state index is 6.23. The molecule has 0 saturated carbocycles. The number of nitrogens with one attached hydrogen (secondary N) is 1. The van der Waals surface area contributed by atoms with E-state index in [0.29, 0.717) is 24.1 Å². The average molecular weight is 275 g/mol. The van der Waals surface area contributed by atoms with Crippen molar-refractivity contribution in [1.29, 1.82) is 0 Å². The predicted octanol–water partition coefficient (Wildman–Crippen LogP) is 3.10. The molecule has 3 heteroatoms. The minimum atomic E-state index is 0.351. The SMILES string of the molecule is CCC1NC(C)CCC1OCC1COc2ccccc21. The van der Waals surface area contributed by atoms with Crippen molar-refractivity contribution in [3.63, 3.8) is 0 Å². The van der Waals surface area contributed by atoms with Gasteiger partial charge >= 0.3 is 0 Å². The molecular weight excluding hydrogens is 250 g/mol. The standard InChI is InChI=1S/C17H25NO2/c1-3-15-17(9-8-12(2)18-15)20-11-13-10-19-16-7-5-4-6-14(13)16/h4-7,12-13,15,17-18H,3,8-11H2,1-2H3. The van der Waals surface area contributed by atoms with Crippen LogP contribution in [0.4, 0.5) is 0 Å². The summed E-state index contributed by atoms with van der Waals surface area (Å²) in [6.07, 6.45) is 3.86. The van der Waals surface area contributed by atoms with Crippen molar-refractivity contribution in [2.45, 2.75) is 57.2 Å². The van der Waals surface area contributed by atoms with Crippen LogP contribution in [0.15, 0.2) is 24.3 Å². The molecule has 1 aromatic rings. The lowest BCUT2D eigenvalue weighted by atomic mass is 9.94. The Bertz CT molecular complexity index is 448. The van der Waals surface area contributed by atoms with E-state index < -0.39 is 0 Å². The van der Waals surface area contributed by atoms with Gasteiger partial charge in [0, 0.05) is 23.6 Å². The molecule has 1 N–H and O–H groups in total. The van der Waals surface area contributed by atoms with Gasteiger partial charge in [-0.1, -0.05) is 25.1 Å². The van der Waals surface area contributed by atoms with Gasteiger partial charge in [-0.2, -0.15) is 0 Å². The minimum absolute atomic E-state index is 0.351. The normalized spacial score (nSPS) is 32.7. The lowest BCUT2D eigenvalue weighted by Crippen LogP contribution is -2.50. The van der Waals surface area contributed by atoms with Crippen LogP contribution >= 0.6 is 0 Å². The average Bonchev–Trinajstić information content (AvgIpc) is 2.89. The molecule has 0 radical (unpaired) electrons. The van der Waals surface area contributed by atoms with Crippen molar-refractivity contribution in [2.75, 3.05) is 13.2 Å². The van der Waals surface area contributed by atoms with E-state index >= 15 is 0 Å². The number of hydrogen-bond donors (Lipinski definition) is 1. The minimum Gasteiger partial charge on any atom is -0.493 e. The number of piperidine rings is 1. The van der Waals surface area contributed by atoms with Crippen LogP contribution < -0.4 is 10.1 Å². The smallest absolute Gasteiger partial charge is 0.123 e. The zero-order valence-electron chi connectivity index (χ0n) is 12.5. The van der Waals surface area contributed by atoms with E-state index in [1.165, 1.54) is 18.4 Å². The molecule has 2 aliphatic heterocycles. The van der Waals surface area contributed by atoms with Gasteiger partial charge in [0.05, 0.1) is 19.3 Å². The number of ether oxygens (including phenoxy) is 2. The number of para-hydroxylation sites is 1. The molecular formula is C17H25NO2. The molecule has 1 saturated heterocycles. The summed E-state index contributed by atoms with van der Waals surface area (Å²) in [4.78, 5) is 0. The first-order chi connectivity index (χ1) is 9.78. The molecule has 110 valence electrons. The molecule has 4 atom stereocenters. The number of fused-ring (bicyclic) bond motifs is 1. The van der Waals surface area contributed by atoms with Gasteiger partial charge in [-0.15, -0.1) is 0 Å². The zero-order valence-corrected chi connectivity index (χ0v) is 12.5. The van der Waals surface area contributed by atoms with Crippen LogP contribution in [-0.2, 0) is 4.74 Å². The lowest BCUT2D eigenvalue weighted by molar-refractivity contribution is -0.00889. The molecule has 1 fully saturated rings. The fourth-order valence-corrected chi connectivity index (χ4v) is 3.36.